The van der Waals surface area contributed by atoms with Gasteiger partial charge in [0.25, 0.3) is 0 Å². The van der Waals surface area contributed by atoms with E-state index in [1.807, 2.05) is 0 Å². The Morgan fingerprint density at radius 3 is 2.56 bits per heavy atom. The molecule has 0 aromatic heterocycles. The molecule has 2 rings (SSSR count). The van der Waals surface area contributed by atoms with Crippen molar-refractivity contribution >= 4 is 21.7 Å². The molecule has 0 bridgehead atoms. The molecule has 0 fully saturated rings. The van der Waals surface area contributed by atoms with E-state index in [1.165, 1.54) is 6.07 Å². The highest BCUT2D eigenvalue weighted by Crippen LogP contribution is 2.25. The van der Waals surface area contributed by atoms with Gasteiger partial charge in [0.15, 0.2) is 5.78 Å². The van der Waals surface area contributed by atoms with E-state index < -0.39 is 0 Å². The number of benzene rings is 2. The molecule has 0 heterocycles. The fraction of sp³-hybridized carbons (Fsp3) is 0.0714. The monoisotopic (exact) mass is 306 g/mol. The first-order valence-corrected chi connectivity index (χ1v) is 6.15. The normalized spacial score (nSPS) is 10.3. The van der Waals surface area contributed by atoms with Crippen LogP contribution in [0.2, 0.25) is 0 Å². The van der Waals surface area contributed by atoms with Crippen molar-refractivity contribution in [3.63, 3.8) is 0 Å². The molecule has 0 radical (unpaired) electrons. The number of ketones is 1. The minimum absolute atomic E-state index is 0.0682. The molecular weight excluding hydrogens is 296 g/mol. The van der Waals surface area contributed by atoms with Crippen molar-refractivity contribution < 1.29 is 15.0 Å². The molecule has 92 valence electrons. The summed E-state index contributed by atoms with van der Waals surface area (Å²) in [6.07, 6.45) is 0.214. The molecule has 0 saturated carbocycles. The van der Waals surface area contributed by atoms with E-state index in [0.29, 0.717) is 10.0 Å². The van der Waals surface area contributed by atoms with Gasteiger partial charge in [-0.15, -0.1) is 0 Å². The average Bonchev–Trinajstić information content (AvgIpc) is 2.32. The highest BCUT2D eigenvalue weighted by Gasteiger charge is 2.09. The fourth-order valence-corrected chi connectivity index (χ4v) is 2.01. The van der Waals surface area contributed by atoms with E-state index in [2.05, 4.69) is 15.9 Å². The molecule has 2 aromatic rings. The molecule has 0 atom stereocenters. The van der Waals surface area contributed by atoms with Crippen LogP contribution in [0.1, 0.15) is 15.9 Å². The summed E-state index contributed by atoms with van der Waals surface area (Å²) < 4.78 is 0.490. The number of carbonyl (C=O) groups excluding carboxylic acids is 1. The Morgan fingerprint density at radius 1 is 1.11 bits per heavy atom. The third-order valence-electron chi connectivity index (χ3n) is 2.54. The predicted molar refractivity (Wildman–Crippen MR) is 71.9 cm³/mol. The van der Waals surface area contributed by atoms with E-state index in [-0.39, 0.29) is 23.7 Å². The largest absolute Gasteiger partial charge is 0.508 e. The number of phenols is 2. The minimum Gasteiger partial charge on any atom is -0.508 e. The van der Waals surface area contributed by atoms with Gasteiger partial charge >= 0.3 is 0 Å². The van der Waals surface area contributed by atoms with Crippen LogP contribution in [0.15, 0.2) is 46.9 Å². The van der Waals surface area contributed by atoms with Crippen LogP contribution in [0.3, 0.4) is 0 Å². The molecular formula is C14H11BrO3. The van der Waals surface area contributed by atoms with Gasteiger partial charge in [-0.1, -0.05) is 12.1 Å². The standard InChI is InChI=1S/C14H11BrO3/c15-12-8-10(4-5-13(12)17)14(18)7-9-2-1-3-11(16)6-9/h1-6,8,16-17H,7H2. The number of hydrogen-bond acceptors (Lipinski definition) is 3. The van der Waals surface area contributed by atoms with Gasteiger partial charge in [0.1, 0.15) is 11.5 Å². The third kappa shape index (κ3) is 2.90. The van der Waals surface area contributed by atoms with Crippen molar-refractivity contribution in [2.75, 3.05) is 0 Å². The van der Waals surface area contributed by atoms with Crippen molar-refractivity contribution in [3.8, 4) is 11.5 Å². The first-order chi connectivity index (χ1) is 8.56. The number of carbonyl (C=O) groups is 1. The van der Waals surface area contributed by atoms with Crippen molar-refractivity contribution in [1.82, 2.24) is 0 Å². The number of Topliss-reactive ketones (excluding diaryl/α,β-unsaturated/α-hetero) is 1. The fourth-order valence-electron chi connectivity index (χ4n) is 1.63. The maximum Gasteiger partial charge on any atom is 0.167 e. The second kappa shape index (κ2) is 5.23. The van der Waals surface area contributed by atoms with Gasteiger partial charge in [-0.2, -0.15) is 0 Å². The zero-order valence-corrected chi connectivity index (χ0v) is 11.0. The van der Waals surface area contributed by atoms with Crippen LogP contribution in [0.4, 0.5) is 0 Å². The van der Waals surface area contributed by atoms with Crippen LogP contribution >= 0.6 is 15.9 Å². The van der Waals surface area contributed by atoms with E-state index in [1.54, 1.807) is 36.4 Å². The quantitative estimate of drug-likeness (QED) is 0.856. The first kappa shape index (κ1) is 12.6. The first-order valence-electron chi connectivity index (χ1n) is 5.36. The van der Waals surface area contributed by atoms with Crippen molar-refractivity contribution in [3.05, 3.63) is 58.1 Å². The SMILES string of the molecule is O=C(Cc1cccc(O)c1)c1ccc(O)c(Br)c1. The lowest BCUT2D eigenvalue weighted by Gasteiger charge is -2.04. The van der Waals surface area contributed by atoms with Gasteiger partial charge in [0.2, 0.25) is 0 Å². The molecule has 0 aliphatic carbocycles. The highest BCUT2D eigenvalue weighted by molar-refractivity contribution is 9.10. The van der Waals surface area contributed by atoms with Gasteiger partial charge in [-0.3, -0.25) is 4.79 Å². The smallest absolute Gasteiger partial charge is 0.167 e. The van der Waals surface area contributed by atoms with Crippen molar-refractivity contribution in [2.24, 2.45) is 0 Å². The summed E-state index contributed by atoms with van der Waals surface area (Å²) in [4.78, 5) is 12.0. The molecule has 0 saturated heterocycles. The number of rotatable bonds is 3. The zero-order chi connectivity index (χ0) is 13.1. The Morgan fingerprint density at radius 2 is 1.89 bits per heavy atom. The van der Waals surface area contributed by atoms with Crippen LogP contribution in [0, 0.1) is 0 Å². The van der Waals surface area contributed by atoms with Gasteiger partial charge < -0.3 is 10.2 Å². The van der Waals surface area contributed by atoms with Crippen molar-refractivity contribution in [1.29, 1.82) is 0 Å². The maximum atomic E-state index is 12.0. The van der Waals surface area contributed by atoms with Gasteiger partial charge in [0, 0.05) is 12.0 Å². The van der Waals surface area contributed by atoms with Crippen LogP contribution in [-0.2, 0) is 6.42 Å². The summed E-state index contributed by atoms with van der Waals surface area (Å²) in [5.41, 5.74) is 1.27. The summed E-state index contributed by atoms with van der Waals surface area (Å²) in [6, 6.07) is 11.2. The van der Waals surface area contributed by atoms with Crippen LogP contribution in [-0.4, -0.2) is 16.0 Å². The lowest BCUT2D eigenvalue weighted by molar-refractivity contribution is 0.0993. The number of halogens is 1. The molecule has 0 amide bonds. The number of phenolic OH excluding ortho intramolecular Hbond substituents is 2. The van der Waals surface area contributed by atoms with Crippen LogP contribution < -0.4 is 0 Å². The topological polar surface area (TPSA) is 57.5 Å². The summed E-state index contributed by atoms with van der Waals surface area (Å²) in [5, 5.41) is 18.7. The van der Waals surface area contributed by atoms with Gasteiger partial charge in [-0.05, 0) is 51.8 Å². The lowest BCUT2D eigenvalue weighted by Crippen LogP contribution is -2.03. The molecule has 0 spiro atoms. The Balaban J connectivity index is 2.19. The van der Waals surface area contributed by atoms with Gasteiger partial charge in [0.05, 0.1) is 4.47 Å². The third-order valence-corrected chi connectivity index (χ3v) is 3.18. The zero-order valence-electron chi connectivity index (χ0n) is 9.43. The molecule has 4 heteroatoms. The van der Waals surface area contributed by atoms with E-state index in [0.717, 1.165) is 5.56 Å². The molecule has 2 aromatic carbocycles. The maximum absolute atomic E-state index is 12.0. The summed E-state index contributed by atoms with van der Waals surface area (Å²) in [7, 11) is 0. The second-order valence-corrected chi connectivity index (χ2v) is 4.79. The van der Waals surface area contributed by atoms with Crippen molar-refractivity contribution in [2.45, 2.75) is 6.42 Å². The Bertz CT molecular complexity index is 593. The second-order valence-electron chi connectivity index (χ2n) is 3.94. The number of hydrogen-bond donors (Lipinski definition) is 2. The predicted octanol–water partition coefficient (Wildman–Crippen LogP) is 3.29. The molecule has 0 aliphatic rings. The summed E-state index contributed by atoms with van der Waals surface area (Å²) in [6.45, 7) is 0. The van der Waals surface area contributed by atoms with Gasteiger partial charge in [-0.25, -0.2) is 0 Å². The van der Waals surface area contributed by atoms with Crippen LogP contribution in [0.25, 0.3) is 0 Å². The molecule has 0 unspecified atom stereocenters. The van der Waals surface area contributed by atoms with E-state index in [4.69, 9.17) is 0 Å². The Hall–Kier alpha value is -1.81. The molecule has 3 nitrogen and oxygen atoms in total. The Labute approximate surface area is 113 Å². The summed E-state index contributed by atoms with van der Waals surface area (Å²) in [5.74, 6) is 0.178. The van der Waals surface area contributed by atoms with Crippen LogP contribution in [0.5, 0.6) is 11.5 Å². The number of aromatic hydroxyl groups is 2. The lowest BCUT2D eigenvalue weighted by atomic mass is 10.0. The highest BCUT2D eigenvalue weighted by atomic mass is 79.9. The van der Waals surface area contributed by atoms with E-state index in [9.17, 15) is 15.0 Å². The Kier molecular flexibility index (Phi) is 3.67. The molecule has 18 heavy (non-hydrogen) atoms. The average molecular weight is 307 g/mol. The molecule has 2 N–H and O–H groups in total. The summed E-state index contributed by atoms with van der Waals surface area (Å²) >= 11 is 3.17. The minimum atomic E-state index is -0.0682. The van der Waals surface area contributed by atoms with E-state index >= 15 is 0 Å². The molecule has 0 aliphatic heterocycles.